The molecule has 4 rings (SSSR count). The van der Waals surface area contributed by atoms with Crippen LogP contribution in [-0.2, 0) is 17.1 Å². The minimum absolute atomic E-state index is 0.0116. The Labute approximate surface area is 295 Å². The molecule has 13 nitrogen and oxygen atoms in total. The molecule has 280 valence electrons. The van der Waals surface area contributed by atoms with Crippen LogP contribution in [0, 0.1) is 20.2 Å². The lowest BCUT2D eigenvalue weighted by atomic mass is 10.0. The molecular formula is C34H28F6N4O9. The Morgan fingerprint density at radius 3 is 1.23 bits per heavy atom. The van der Waals surface area contributed by atoms with Crippen molar-refractivity contribution in [3.05, 3.63) is 127 Å². The van der Waals surface area contributed by atoms with E-state index in [0.29, 0.717) is 0 Å². The molecule has 2 N–H and O–H groups in total. The van der Waals surface area contributed by atoms with Crippen LogP contribution in [0.1, 0.15) is 47.9 Å². The summed E-state index contributed by atoms with van der Waals surface area (Å²) in [4.78, 5) is 21.9. The zero-order valence-corrected chi connectivity index (χ0v) is 27.1. The predicted molar refractivity (Wildman–Crippen MR) is 175 cm³/mol. The maximum absolute atomic E-state index is 12.9. The zero-order chi connectivity index (χ0) is 38.8. The fourth-order valence-corrected chi connectivity index (χ4v) is 4.90. The van der Waals surface area contributed by atoms with Crippen LogP contribution in [0.5, 0.6) is 23.0 Å². The quantitative estimate of drug-likeness (QED) is 0.0281. The summed E-state index contributed by atoms with van der Waals surface area (Å²) in [5.74, 6) is 0.107. The standard InChI is InChI=1S/C34H28F6N4O9/c35-33(36,37)21-5-9-23(10-6-21)52-25-13-15-31(43(47)48)27(19-25)29(41-45)3-1-17-51-18-2-4-30(42-46)28-20-26(14-16-32(28)44(49)50)53-24-11-7-22(8-12-24)34(38,39)40/h5-16,19-20,45-46H,1-4,17-18H2. The van der Waals surface area contributed by atoms with Gasteiger partial charge in [0.25, 0.3) is 11.4 Å². The van der Waals surface area contributed by atoms with Gasteiger partial charge < -0.3 is 24.6 Å². The van der Waals surface area contributed by atoms with Crippen molar-refractivity contribution < 1.29 is 60.8 Å². The average molecular weight is 751 g/mol. The molecule has 0 aliphatic heterocycles. The van der Waals surface area contributed by atoms with Crippen LogP contribution in [0.2, 0.25) is 0 Å². The van der Waals surface area contributed by atoms with Gasteiger partial charge in [0.05, 0.1) is 43.5 Å². The van der Waals surface area contributed by atoms with Gasteiger partial charge in [-0.15, -0.1) is 0 Å². The van der Waals surface area contributed by atoms with E-state index >= 15 is 0 Å². The maximum Gasteiger partial charge on any atom is 0.416 e. The number of hydrogen-bond donors (Lipinski definition) is 2. The van der Waals surface area contributed by atoms with Gasteiger partial charge in [-0.1, -0.05) is 10.3 Å². The van der Waals surface area contributed by atoms with E-state index in [4.69, 9.17) is 14.2 Å². The summed E-state index contributed by atoms with van der Waals surface area (Å²) < 4.78 is 93.9. The third kappa shape index (κ3) is 10.9. The summed E-state index contributed by atoms with van der Waals surface area (Å²) in [6.07, 6.45) is -8.72. The van der Waals surface area contributed by atoms with E-state index in [1.807, 2.05) is 0 Å². The second-order valence-electron chi connectivity index (χ2n) is 11.0. The lowest BCUT2D eigenvalue weighted by Gasteiger charge is -2.12. The Morgan fingerprint density at radius 2 is 0.925 bits per heavy atom. The SMILES string of the molecule is O=[N+]([O-])c1ccc(Oc2ccc(C(F)(F)F)cc2)cc1C(CCCOCCCC(=NO)c1cc(Oc2ccc(C(F)(F)F)cc2)ccc1[N+](=O)[O-])=NO. The highest BCUT2D eigenvalue weighted by atomic mass is 19.4. The summed E-state index contributed by atoms with van der Waals surface area (Å²) in [7, 11) is 0. The van der Waals surface area contributed by atoms with Gasteiger partial charge in [-0.3, -0.25) is 20.2 Å². The van der Waals surface area contributed by atoms with Crippen LogP contribution in [0.15, 0.2) is 95.2 Å². The smallest absolute Gasteiger partial charge is 0.416 e. The van der Waals surface area contributed by atoms with Crippen molar-refractivity contribution in [3.8, 4) is 23.0 Å². The highest BCUT2D eigenvalue weighted by Crippen LogP contribution is 2.35. The molecule has 4 aromatic carbocycles. The molecule has 4 aromatic rings. The Hall–Kier alpha value is -6.24. The van der Waals surface area contributed by atoms with Gasteiger partial charge in [-0.25, -0.2) is 0 Å². The van der Waals surface area contributed by atoms with Crippen molar-refractivity contribution in [1.29, 1.82) is 0 Å². The Bertz CT molecular complexity index is 1830. The number of nitrogens with zero attached hydrogens (tertiary/aromatic N) is 4. The van der Waals surface area contributed by atoms with Crippen molar-refractivity contribution in [3.63, 3.8) is 0 Å². The van der Waals surface area contributed by atoms with E-state index < -0.39 is 44.7 Å². The number of nitro groups is 2. The number of halogens is 6. The van der Waals surface area contributed by atoms with E-state index in [1.54, 1.807) is 0 Å². The lowest BCUT2D eigenvalue weighted by Crippen LogP contribution is -2.09. The number of nitro benzene ring substituents is 2. The van der Waals surface area contributed by atoms with Crippen LogP contribution < -0.4 is 9.47 Å². The lowest BCUT2D eigenvalue weighted by molar-refractivity contribution is -0.385. The van der Waals surface area contributed by atoms with E-state index in [1.165, 1.54) is 24.3 Å². The van der Waals surface area contributed by atoms with Crippen LogP contribution in [0.25, 0.3) is 0 Å². The second-order valence-corrected chi connectivity index (χ2v) is 11.0. The van der Waals surface area contributed by atoms with E-state index in [0.717, 1.165) is 60.7 Å². The van der Waals surface area contributed by atoms with Gasteiger partial charge in [0, 0.05) is 25.3 Å². The van der Waals surface area contributed by atoms with Gasteiger partial charge in [0.15, 0.2) is 0 Å². The molecule has 0 radical (unpaired) electrons. The van der Waals surface area contributed by atoms with Gasteiger partial charge in [0.2, 0.25) is 0 Å². The molecule has 0 amide bonds. The van der Waals surface area contributed by atoms with Crippen molar-refractivity contribution >= 4 is 22.8 Å². The normalized spacial score (nSPS) is 12.4. The monoisotopic (exact) mass is 750 g/mol. The van der Waals surface area contributed by atoms with Gasteiger partial charge in [-0.2, -0.15) is 26.3 Å². The molecule has 0 heterocycles. The third-order valence-corrected chi connectivity index (χ3v) is 7.43. The molecule has 0 aromatic heterocycles. The molecule has 53 heavy (non-hydrogen) atoms. The summed E-state index contributed by atoms with van der Waals surface area (Å²) >= 11 is 0. The van der Waals surface area contributed by atoms with Crippen LogP contribution in [-0.4, -0.2) is 44.9 Å². The molecule has 0 aliphatic carbocycles. The van der Waals surface area contributed by atoms with Gasteiger partial charge >= 0.3 is 12.4 Å². The predicted octanol–water partition coefficient (Wildman–Crippen LogP) is 9.76. The average Bonchev–Trinajstić information content (AvgIpc) is 3.10. The molecule has 0 bridgehead atoms. The summed E-state index contributed by atoms with van der Waals surface area (Å²) in [6, 6.07) is 14.7. The minimum Gasteiger partial charge on any atom is -0.457 e. The molecule has 0 atom stereocenters. The number of rotatable bonds is 16. The number of benzene rings is 4. The topological polar surface area (TPSA) is 179 Å². The van der Waals surface area contributed by atoms with Crippen molar-refractivity contribution in [2.75, 3.05) is 13.2 Å². The first kappa shape index (κ1) is 39.5. The molecule has 0 saturated heterocycles. The first-order chi connectivity index (χ1) is 25.1. The first-order valence-electron chi connectivity index (χ1n) is 15.4. The zero-order valence-electron chi connectivity index (χ0n) is 27.1. The number of alkyl halides is 6. The molecule has 19 heteroatoms. The summed E-state index contributed by atoms with van der Waals surface area (Å²) in [5.41, 5.74) is -3.02. The van der Waals surface area contributed by atoms with Crippen molar-refractivity contribution in [2.45, 2.75) is 38.0 Å². The second kappa shape index (κ2) is 17.3. The molecule has 0 aliphatic rings. The Kier molecular flexibility index (Phi) is 12.9. The highest BCUT2D eigenvalue weighted by Gasteiger charge is 2.31. The first-order valence-corrected chi connectivity index (χ1v) is 15.4. The van der Waals surface area contributed by atoms with Crippen LogP contribution in [0.4, 0.5) is 37.7 Å². The Balaban J connectivity index is 1.32. The minimum atomic E-state index is -4.55. The van der Waals surface area contributed by atoms with Crippen LogP contribution in [0.3, 0.4) is 0 Å². The summed E-state index contributed by atoms with van der Waals surface area (Å²) in [6.45, 7) is 0.132. The number of oxime groups is 2. The number of ether oxygens (including phenoxy) is 3. The summed E-state index contributed by atoms with van der Waals surface area (Å²) in [5, 5.41) is 49.0. The molecule has 0 unspecified atom stereocenters. The van der Waals surface area contributed by atoms with Gasteiger partial charge in [-0.05, 0) is 98.5 Å². The number of hydrogen-bond acceptors (Lipinski definition) is 11. The van der Waals surface area contributed by atoms with Gasteiger partial charge in [0.1, 0.15) is 23.0 Å². The van der Waals surface area contributed by atoms with E-state index in [2.05, 4.69) is 10.3 Å². The molecule has 0 spiro atoms. The van der Waals surface area contributed by atoms with E-state index in [9.17, 15) is 57.0 Å². The highest BCUT2D eigenvalue weighted by molar-refractivity contribution is 6.04. The molecule has 0 saturated carbocycles. The molecule has 0 fully saturated rings. The fraction of sp³-hybridized carbons (Fsp3) is 0.235. The van der Waals surface area contributed by atoms with Crippen LogP contribution >= 0.6 is 0 Å². The van der Waals surface area contributed by atoms with E-state index in [-0.39, 0.29) is 84.4 Å². The third-order valence-electron chi connectivity index (χ3n) is 7.43. The molecular weight excluding hydrogens is 722 g/mol. The van der Waals surface area contributed by atoms with Crippen molar-refractivity contribution in [2.24, 2.45) is 10.3 Å². The van der Waals surface area contributed by atoms with Crippen molar-refractivity contribution in [1.82, 2.24) is 0 Å². The Morgan fingerprint density at radius 1 is 0.585 bits per heavy atom. The fourth-order valence-electron chi connectivity index (χ4n) is 4.90. The maximum atomic E-state index is 12.9. The largest absolute Gasteiger partial charge is 0.457 e.